The number of ether oxygens (including phenoxy) is 1. The molecule has 218 valence electrons. The third-order valence-corrected chi connectivity index (χ3v) is 8.52. The van der Waals surface area contributed by atoms with Crippen LogP contribution in [0.15, 0.2) is 54.6 Å². The Balaban J connectivity index is 1.58. The molecule has 1 aliphatic carbocycles. The summed E-state index contributed by atoms with van der Waals surface area (Å²) in [6.45, 7) is 2.75. The summed E-state index contributed by atoms with van der Waals surface area (Å²) in [6, 6.07) is 14.3. The lowest BCUT2D eigenvalue weighted by atomic mass is 9.85. The number of likely N-dealkylation sites (tertiary alicyclic amines) is 1. The van der Waals surface area contributed by atoms with Crippen molar-refractivity contribution in [3.8, 4) is 11.5 Å². The Hall–Kier alpha value is -2.96. The minimum Gasteiger partial charge on any atom is -0.489 e. The standard InChI is InChI=1S/C32H33F5NO2P/c1-32(35,36)28-18-21(34)8-11-24(28)25-4-2-5-27-26(12-13-29(40-37)31(27)41)30(25)20-6-9-22(10-7-20)39-23-14-17-38(19-23)16-3-15-33/h6-13,18,23H,2-5,14-17,19,41H2,1H3. The molecule has 1 fully saturated rings. The summed E-state index contributed by atoms with van der Waals surface area (Å²) in [5, 5.41) is 0.572. The zero-order valence-corrected chi connectivity index (χ0v) is 24.0. The van der Waals surface area contributed by atoms with Gasteiger partial charge in [-0.25, -0.2) is 13.2 Å². The van der Waals surface area contributed by atoms with Gasteiger partial charge in [0.2, 0.25) is 0 Å². The molecule has 41 heavy (non-hydrogen) atoms. The molecule has 1 heterocycles. The van der Waals surface area contributed by atoms with Gasteiger partial charge in [-0.1, -0.05) is 24.3 Å². The molecule has 0 aromatic heterocycles. The van der Waals surface area contributed by atoms with Crippen LogP contribution in [-0.2, 0) is 12.3 Å². The van der Waals surface area contributed by atoms with Gasteiger partial charge in [0.1, 0.15) is 17.7 Å². The molecule has 2 atom stereocenters. The van der Waals surface area contributed by atoms with Gasteiger partial charge in [-0.2, -0.15) is 0 Å². The fourth-order valence-corrected chi connectivity index (χ4v) is 6.40. The van der Waals surface area contributed by atoms with Crippen LogP contribution in [0.1, 0.15) is 60.4 Å². The summed E-state index contributed by atoms with van der Waals surface area (Å²) in [5.74, 6) is -3.23. The Morgan fingerprint density at radius 1 is 1.02 bits per heavy atom. The van der Waals surface area contributed by atoms with Crippen LogP contribution in [0.5, 0.6) is 11.5 Å². The maximum atomic E-state index is 14.8. The summed E-state index contributed by atoms with van der Waals surface area (Å²) in [5.41, 5.74) is 3.73. The highest BCUT2D eigenvalue weighted by Crippen LogP contribution is 2.44. The monoisotopic (exact) mass is 589 g/mol. The van der Waals surface area contributed by atoms with E-state index in [0.717, 1.165) is 54.8 Å². The lowest BCUT2D eigenvalue weighted by Crippen LogP contribution is -2.26. The number of nitrogens with zero attached hydrogens (tertiary/aromatic N) is 1. The molecule has 0 radical (unpaired) electrons. The first-order chi connectivity index (χ1) is 19.7. The van der Waals surface area contributed by atoms with Crippen molar-refractivity contribution < 1.29 is 31.8 Å². The molecule has 9 heteroatoms. The Morgan fingerprint density at radius 3 is 2.49 bits per heavy atom. The molecule has 3 aromatic rings. The van der Waals surface area contributed by atoms with E-state index in [1.807, 2.05) is 24.3 Å². The summed E-state index contributed by atoms with van der Waals surface area (Å²) in [4.78, 5) is 6.27. The molecule has 1 saturated heterocycles. The first-order valence-corrected chi connectivity index (χ1v) is 14.4. The molecule has 2 aliphatic rings. The number of benzene rings is 3. The number of rotatable bonds is 9. The van der Waals surface area contributed by atoms with Gasteiger partial charge < -0.3 is 4.74 Å². The van der Waals surface area contributed by atoms with Crippen LogP contribution in [0.2, 0.25) is 0 Å². The van der Waals surface area contributed by atoms with Crippen molar-refractivity contribution in [2.75, 3.05) is 26.3 Å². The Kier molecular flexibility index (Phi) is 9.00. The first kappa shape index (κ1) is 29.5. The topological polar surface area (TPSA) is 21.7 Å². The van der Waals surface area contributed by atoms with Gasteiger partial charge in [0, 0.05) is 42.0 Å². The molecular weight excluding hydrogens is 556 g/mol. The number of alkyl halides is 3. The zero-order valence-electron chi connectivity index (χ0n) is 22.9. The maximum Gasteiger partial charge on any atom is 0.271 e. The summed E-state index contributed by atoms with van der Waals surface area (Å²) in [7, 11) is 2.54. The van der Waals surface area contributed by atoms with E-state index >= 15 is 0 Å². The fourth-order valence-electron chi connectivity index (χ4n) is 5.96. The minimum absolute atomic E-state index is 0.00111. The normalized spacial score (nSPS) is 17.9. The van der Waals surface area contributed by atoms with E-state index < -0.39 is 11.7 Å². The van der Waals surface area contributed by atoms with Gasteiger partial charge in [-0.05, 0) is 95.8 Å². The van der Waals surface area contributed by atoms with Crippen molar-refractivity contribution in [2.45, 2.75) is 51.1 Å². The zero-order chi connectivity index (χ0) is 29.1. The van der Waals surface area contributed by atoms with Crippen LogP contribution in [-0.4, -0.2) is 37.3 Å². The fraction of sp³-hybridized carbons (Fsp3) is 0.375. The van der Waals surface area contributed by atoms with Crippen LogP contribution in [0.25, 0.3) is 11.1 Å². The molecule has 2 unspecified atom stereocenters. The van der Waals surface area contributed by atoms with Crippen molar-refractivity contribution in [3.63, 3.8) is 0 Å². The highest BCUT2D eigenvalue weighted by Gasteiger charge is 2.32. The molecule has 1 aliphatic heterocycles. The second-order valence-corrected chi connectivity index (χ2v) is 11.3. The van der Waals surface area contributed by atoms with Crippen molar-refractivity contribution in [1.29, 1.82) is 0 Å². The van der Waals surface area contributed by atoms with E-state index in [1.165, 1.54) is 18.2 Å². The molecule has 0 saturated carbocycles. The molecule has 0 amide bonds. The van der Waals surface area contributed by atoms with Crippen LogP contribution in [0, 0.1) is 5.82 Å². The van der Waals surface area contributed by atoms with Crippen LogP contribution >= 0.6 is 9.24 Å². The number of hydrogen-bond donors (Lipinski definition) is 0. The summed E-state index contributed by atoms with van der Waals surface area (Å²) < 4.78 is 75.8. The predicted molar refractivity (Wildman–Crippen MR) is 155 cm³/mol. The summed E-state index contributed by atoms with van der Waals surface area (Å²) in [6.07, 6.45) is 3.03. The Labute approximate surface area is 239 Å². The Bertz CT molecular complexity index is 1420. The molecule has 3 aromatic carbocycles. The van der Waals surface area contributed by atoms with Gasteiger partial charge in [-0.3, -0.25) is 14.2 Å². The molecule has 5 rings (SSSR count). The number of fused-ring (bicyclic) bond motifs is 1. The van der Waals surface area contributed by atoms with Gasteiger partial charge >= 0.3 is 0 Å². The first-order valence-electron chi connectivity index (χ1n) is 13.9. The van der Waals surface area contributed by atoms with E-state index in [4.69, 9.17) is 4.74 Å². The van der Waals surface area contributed by atoms with E-state index in [1.54, 1.807) is 6.07 Å². The van der Waals surface area contributed by atoms with E-state index in [0.29, 0.717) is 48.9 Å². The van der Waals surface area contributed by atoms with Gasteiger partial charge in [0.15, 0.2) is 5.75 Å². The summed E-state index contributed by atoms with van der Waals surface area (Å²) >= 11 is 0. The lowest BCUT2D eigenvalue weighted by Gasteiger charge is -2.22. The second-order valence-electron chi connectivity index (χ2n) is 10.8. The second kappa shape index (κ2) is 12.5. The Morgan fingerprint density at radius 2 is 1.78 bits per heavy atom. The minimum atomic E-state index is -3.26. The van der Waals surface area contributed by atoms with Crippen molar-refractivity contribution >= 4 is 25.7 Å². The van der Waals surface area contributed by atoms with E-state index in [-0.39, 0.29) is 29.7 Å². The highest BCUT2D eigenvalue weighted by atomic mass is 31.0. The van der Waals surface area contributed by atoms with Crippen LogP contribution in [0.4, 0.5) is 22.1 Å². The smallest absolute Gasteiger partial charge is 0.271 e. The number of hydrogen-bond acceptors (Lipinski definition) is 3. The van der Waals surface area contributed by atoms with E-state index in [9.17, 15) is 22.1 Å². The third kappa shape index (κ3) is 6.44. The number of allylic oxidation sites excluding steroid dienone is 1. The van der Waals surface area contributed by atoms with Crippen molar-refractivity contribution in [1.82, 2.24) is 4.90 Å². The van der Waals surface area contributed by atoms with Gasteiger partial charge in [-0.15, -0.1) is 9.24 Å². The quantitative estimate of drug-likeness (QED) is 0.188. The molecular formula is C32H33F5NO2P. The molecule has 0 bridgehead atoms. The molecule has 3 nitrogen and oxygen atoms in total. The SMILES string of the molecule is CC(F)(F)c1cc(F)ccc1C1=C(c2ccc(OC3CCN(CCCF)C3)cc2)c2ccc(OF)c(P)c2CCC1. The maximum absolute atomic E-state index is 14.8. The lowest BCUT2D eigenvalue weighted by molar-refractivity contribution is -0.00487. The average molecular weight is 590 g/mol. The predicted octanol–water partition coefficient (Wildman–Crippen LogP) is 7.81. The average Bonchev–Trinajstić information content (AvgIpc) is 3.30. The van der Waals surface area contributed by atoms with Crippen molar-refractivity contribution in [3.05, 3.63) is 88.2 Å². The van der Waals surface area contributed by atoms with E-state index in [2.05, 4.69) is 19.1 Å². The van der Waals surface area contributed by atoms with Gasteiger partial charge in [0.05, 0.1) is 6.67 Å². The van der Waals surface area contributed by atoms with Gasteiger partial charge in [0.25, 0.3) is 5.92 Å². The largest absolute Gasteiger partial charge is 0.489 e. The third-order valence-electron chi connectivity index (χ3n) is 7.89. The molecule has 0 spiro atoms. The highest BCUT2D eigenvalue weighted by molar-refractivity contribution is 7.28. The number of halogens is 5. The van der Waals surface area contributed by atoms with Crippen molar-refractivity contribution in [2.24, 2.45) is 0 Å². The molecule has 0 N–H and O–H groups in total. The van der Waals surface area contributed by atoms with Crippen LogP contribution in [0.3, 0.4) is 0 Å². The van der Waals surface area contributed by atoms with Crippen LogP contribution < -0.4 is 15.0 Å².